The summed E-state index contributed by atoms with van der Waals surface area (Å²) >= 11 is 5.93. The lowest BCUT2D eigenvalue weighted by atomic mass is 10.2. The Kier molecular flexibility index (Phi) is 3.40. The molecule has 0 N–H and O–H groups in total. The number of halogens is 2. The second kappa shape index (κ2) is 5.21. The molecule has 0 bridgehead atoms. The lowest BCUT2D eigenvalue weighted by Gasteiger charge is -2.08. The molecule has 3 nitrogen and oxygen atoms in total. The van der Waals surface area contributed by atoms with Gasteiger partial charge in [-0.1, -0.05) is 12.1 Å². The van der Waals surface area contributed by atoms with Crippen LogP contribution in [0.1, 0.15) is 17.1 Å². The maximum absolute atomic E-state index is 13.8. The van der Waals surface area contributed by atoms with Gasteiger partial charge in [-0.05, 0) is 30.7 Å². The Morgan fingerprint density at radius 2 is 2.10 bits per heavy atom. The number of alkyl halides is 1. The van der Waals surface area contributed by atoms with Crippen LogP contribution in [0.5, 0.6) is 0 Å². The number of hydrogen-bond donors (Lipinski definition) is 0. The van der Waals surface area contributed by atoms with Crippen LogP contribution in [0.25, 0.3) is 11.0 Å². The van der Waals surface area contributed by atoms with Gasteiger partial charge in [-0.15, -0.1) is 11.6 Å². The number of aryl methyl sites for hydroxylation is 1. The third-order valence-corrected chi connectivity index (χ3v) is 3.48. The number of nitrogens with zero attached hydrogens (tertiary/aromatic N) is 3. The molecule has 102 valence electrons. The molecule has 0 radical (unpaired) electrons. The van der Waals surface area contributed by atoms with Crippen molar-refractivity contribution in [1.82, 2.24) is 14.5 Å². The van der Waals surface area contributed by atoms with Crippen molar-refractivity contribution in [3.05, 3.63) is 59.4 Å². The van der Waals surface area contributed by atoms with E-state index < -0.39 is 0 Å². The molecule has 1 aromatic carbocycles. The number of para-hydroxylation sites is 1. The Hall–Kier alpha value is -1.94. The molecule has 0 amide bonds. The molecule has 0 aliphatic carbocycles. The van der Waals surface area contributed by atoms with Crippen LogP contribution in [0, 0.1) is 12.7 Å². The van der Waals surface area contributed by atoms with Crippen molar-refractivity contribution in [2.45, 2.75) is 19.3 Å². The first-order chi connectivity index (χ1) is 9.69. The van der Waals surface area contributed by atoms with E-state index in [0.717, 1.165) is 16.8 Å². The zero-order valence-corrected chi connectivity index (χ0v) is 11.7. The summed E-state index contributed by atoms with van der Waals surface area (Å²) in [5.74, 6) is 0.579. The van der Waals surface area contributed by atoms with Crippen molar-refractivity contribution in [2.24, 2.45) is 0 Å². The predicted octanol–water partition coefficient (Wildman–Crippen LogP) is 3.67. The summed E-state index contributed by atoms with van der Waals surface area (Å²) < 4.78 is 15.7. The lowest BCUT2D eigenvalue weighted by Crippen LogP contribution is -2.04. The Morgan fingerprint density at radius 1 is 1.25 bits per heavy atom. The smallest absolute Gasteiger partial charge is 0.151 e. The van der Waals surface area contributed by atoms with Crippen LogP contribution >= 0.6 is 11.6 Å². The minimum Gasteiger partial charge on any atom is -0.322 e. The van der Waals surface area contributed by atoms with Crippen molar-refractivity contribution in [3.8, 4) is 0 Å². The molecule has 0 atom stereocenters. The molecule has 5 heteroatoms. The maximum atomic E-state index is 13.8. The first kappa shape index (κ1) is 13.1. The standard InChI is InChI=1S/C15H13ClFN3/c1-10-5-6-11(8-18-10)9-20-13-4-2-3-12(17)15(13)19-14(20)7-16/h2-6,8H,7,9H2,1H3. The van der Waals surface area contributed by atoms with E-state index in [1.807, 2.05) is 35.9 Å². The minimum atomic E-state index is -0.324. The van der Waals surface area contributed by atoms with Crippen molar-refractivity contribution in [3.63, 3.8) is 0 Å². The molecule has 2 aromatic heterocycles. The van der Waals surface area contributed by atoms with Crippen molar-refractivity contribution >= 4 is 22.6 Å². The van der Waals surface area contributed by atoms with Crippen LogP contribution < -0.4 is 0 Å². The number of aromatic nitrogens is 3. The van der Waals surface area contributed by atoms with Gasteiger partial charge >= 0.3 is 0 Å². The average molecular weight is 290 g/mol. The number of hydrogen-bond acceptors (Lipinski definition) is 2. The van der Waals surface area contributed by atoms with Crippen LogP contribution in [0.15, 0.2) is 36.5 Å². The zero-order chi connectivity index (χ0) is 14.1. The van der Waals surface area contributed by atoms with Crippen molar-refractivity contribution in [2.75, 3.05) is 0 Å². The van der Waals surface area contributed by atoms with Crippen LogP contribution in [0.2, 0.25) is 0 Å². The summed E-state index contributed by atoms with van der Waals surface area (Å²) in [6.07, 6.45) is 1.82. The third kappa shape index (κ3) is 2.27. The fourth-order valence-electron chi connectivity index (χ4n) is 2.21. The SMILES string of the molecule is Cc1ccc(Cn2c(CCl)nc3c(F)cccc32)cn1. The molecule has 20 heavy (non-hydrogen) atoms. The highest BCUT2D eigenvalue weighted by Crippen LogP contribution is 2.21. The van der Waals surface area contributed by atoms with Crippen molar-refractivity contribution in [1.29, 1.82) is 0 Å². The molecule has 0 aliphatic heterocycles. The van der Waals surface area contributed by atoms with E-state index in [1.165, 1.54) is 6.07 Å². The molecule has 0 spiro atoms. The van der Waals surface area contributed by atoms with E-state index in [1.54, 1.807) is 6.07 Å². The van der Waals surface area contributed by atoms with E-state index >= 15 is 0 Å². The summed E-state index contributed by atoms with van der Waals surface area (Å²) in [6, 6.07) is 8.90. The number of benzene rings is 1. The van der Waals surface area contributed by atoms with Crippen LogP contribution in [0.3, 0.4) is 0 Å². The van der Waals surface area contributed by atoms with E-state index in [2.05, 4.69) is 9.97 Å². The first-order valence-electron chi connectivity index (χ1n) is 6.30. The summed E-state index contributed by atoms with van der Waals surface area (Å²) in [7, 11) is 0. The second-order valence-corrected chi connectivity index (χ2v) is 4.93. The monoisotopic (exact) mass is 289 g/mol. The second-order valence-electron chi connectivity index (χ2n) is 4.66. The van der Waals surface area contributed by atoms with Gasteiger partial charge in [0.15, 0.2) is 5.82 Å². The normalized spacial score (nSPS) is 11.2. The molecule has 0 saturated heterocycles. The van der Waals surface area contributed by atoms with Crippen molar-refractivity contribution < 1.29 is 4.39 Å². The number of imidazole rings is 1. The summed E-state index contributed by atoms with van der Waals surface area (Å²) in [5.41, 5.74) is 3.11. The first-order valence-corrected chi connectivity index (χ1v) is 6.83. The van der Waals surface area contributed by atoms with E-state index in [4.69, 9.17) is 11.6 Å². The quantitative estimate of drug-likeness (QED) is 0.689. The van der Waals surface area contributed by atoms with Gasteiger partial charge in [-0.2, -0.15) is 0 Å². The number of fused-ring (bicyclic) bond motifs is 1. The molecule has 0 fully saturated rings. The maximum Gasteiger partial charge on any atom is 0.151 e. The Bertz CT molecular complexity index is 750. The van der Waals surface area contributed by atoms with Gasteiger partial charge in [0, 0.05) is 11.9 Å². The summed E-state index contributed by atoms with van der Waals surface area (Å²) in [6.45, 7) is 2.52. The molecule has 0 unspecified atom stereocenters. The van der Waals surface area contributed by atoms with E-state index in [-0.39, 0.29) is 11.7 Å². The van der Waals surface area contributed by atoms with Gasteiger partial charge in [-0.25, -0.2) is 9.37 Å². The van der Waals surface area contributed by atoms with Gasteiger partial charge in [0.2, 0.25) is 0 Å². The molecule has 3 aromatic rings. The summed E-state index contributed by atoms with van der Waals surface area (Å²) in [5, 5.41) is 0. The zero-order valence-electron chi connectivity index (χ0n) is 11.0. The third-order valence-electron chi connectivity index (χ3n) is 3.24. The van der Waals surface area contributed by atoms with Gasteiger partial charge < -0.3 is 4.57 Å². The summed E-state index contributed by atoms with van der Waals surface area (Å²) in [4.78, 5) is 8.55. The number of rotatable bonds is 3. The number of pyridine rings is 1. The molecule has 2 heterocycles. The van der Waals surface area contributed by atoms with Gasteiger partial charge in [-0.3, -0.25) is 4.98 Å². The Morgan fingerprint density at radius 3 is 2.80 bits per heavy atom. The van der Waals surface area contributed by atoms with E-state index in [0.29, 0.717) is 17.9 Å². The van der Waals surface area contributed by atoms with Crippen LogP contribution in [0.4, 0.5) is 4.39 Å². The molecular formula is C15H13ClFN3. The highest BCUT2D eigenvalue weighted by atomic mass is 35.5. The molecule has 3 rings (SSSR count). The fourth-order valence-corrected chi connectivity index (χ4v) is 2.42. The largest absolute Gasteiger partial charge is 0.322 e. The van der Waals surface area contributed by atoms with Crippen LogP contribution in [-0.4, -0.2) is 14.5 Å². The van der Waals surface area contributed by atoms with E-state index in [9.17, 15) is 4.39 Å². The predicted molar refractivity (Wildman–Crippen MR) is 77.3 cm³/mol. The fraction of sp³-hybridized carbons (Fsp3) is 0.200. The molecule has 0 aliphatic rings. The van der Waals surface area contributed by atoms with Crippen LogP contribution in [-0.2, 0) is 12.4 Å². The van der Waals surface area contributed by atoms with Gasteiger partial charge in [0.25, 0.3) is 0 Å². The molecule has 0 saturated carbocycles. The lowest BCUT2D eigenvalue weighted by molar-refractivity contribution is 0.637. The van der Waals surface area contributed by atoms with Gasteiger partial charge in [0.1, 0.15) is 11.3 Å². The van der Waals surface area contributed by atoms with Gasteiger partial charge in [0.05, 0.1) is 17.9 Å². The highest BCUT2D eigenvalue weighted by molar-refractivity contribution is 6.16. The minimum absolute atomic E-state index is 0.243. The highest BCUT2D eigenvalue weighted by Gasteiger charge is 2.13. The topological polar surface area (TPSA) is 30.7 Å². The Balaban J connectivity index is 2.10. The molecular weight excluding hydrogens is 277 g/mol. The Labute approximate surface area is 121 Å². The average Bonchev–Trinajstić information content (AvgIpc) is 2.81.